The highest BCUT2D eigenvalue weighted by Gasteiger charge is 2.44. The van der Waals surface area contributed by atoms with Crippen LogP contribution in [-0.4, -0.2) is 63.2 Å². The summed E-state index contributed by atoms with van der Waals surface area (Å²) in [7, 11) is -3.08. The molecule has 192 valence electrons. The summed E-state index contributed by atoms with van der Waals surface area (Å²) in [6, 6.07) is 4.27. The Morgan fingerprint density at radius 2 is 1.92 bits per heavy atom. The zero-order chi connectivity index (χ0) is 25.7. The van der Waals surface area contributed by atoms with E-state index in [0.717, 1.165) is 12.3 Å². The van der Waals surface area contributed by atoms with Crippen molar-refractivity contribution in [3.63, 3.8) is 0 Å². The molecule has 36 heavy (non-hydrogen) atoms. The number of carbonyl (C=O) groups is 1. The fourth-order valence-corrected chi connectivity index (χ4v) is 5.61. The van der Waals surface area contributed by atoms with Crippen molar-refractivity contribution < 1.29 is 31.5 Å². The smallest absolute Gasteiger partial charge is 0.291 e. The maximum Gasteiger partial charge on any atom is 0.291 e. The number of nitrogens with zero attached hydrogens (tertiary/aromatic N) is 4. The van der Waals surface area contributed by atoms with Gasteiger partial charge in [0.2, 0.25) is 5.82 Å². The average molecular weight is 522 g/mol. The van der Waals surface area contributed by atoms with Crippen LogP contribution in [0.25, 0.3) is 5.65 Å². The number of pyridine rings is 2. The molecule has 0 radical (unpaired) electrons. The first kappa shape index (κ1) is 24.3. The van der Waals surface area contributed by atoms with Crippen molar-refractivity contribution in [2.75, 3.05) is 18.1 Å². The SMILES string of the molecule is Cc1c(Oc2ncc(F)cc2OCC2(F)CC2)ccc2nc(C(=O)NC3(C)CCS(=O)(=O)CC3)nn12. The predicted octanol–water partition coefficient (Wildman–Crippen LogP) is 2.94. The van der Waals surface area contributed by atoms with Gasteiger partial charge in [0, 0.05) is 11.6 Å². The van der Waals surface area contributed by atoms with Crippen molar-refractivity contribution in [1.29, 1.82) is 0 Å². The summed E-state index contributed by atoms with van der Waals surface area (Å²) < 4.78 is 63.9. The summed E-state index contributed by atoms with van der Waals surface area (Å²) >= 11 is 0. The molecular weight excluding hydrogens is 496 g/mol. The van der Waals surface area contributed by atoms with E-state index in [2.05, 4.69) is 20.4 Å². The fourth-order valence-electron chi connectivity index (χ4n) is 3.88. The minimum absolute atomic E-state index is 0.0115. The van der Waals surface area contributed by atoms with Crippen molar-refractivity contribution in [3.05, 3.63) is 41.7 Å². The van der Waals surface area contributed by atoms with E-state index in [9.17, 15) is 22.0 Å². The number of halogens is 2. The minimum atomic E-state index is -3.08. The van der Waals surface area contributed by atoms with Crippen LogP contribution in [0.15, 0.2) is 24.4 Å². The van der Waals surface area contributed by atoms with Crippen LogP contribution < -0.4 is 14.8 Å². The van der Waals surface area contributed by atoms with Crippen LogP contribution in [0, 0.1) is 12.7 Å². The Hall–Kier alpha value is -3.35. The maximum absolute atomic E-state index is 14.0. The van der Waals surface area contributed by atoms with Gasteiger partial charge < -0.3 is 14.8 Å². The Labute approximate surface area is 205 Å². The van der Waals surface area contributed by atoms with Gasteiger partial charge in [0.1, 0.15) is 27.9 Å². The van der Waals surface area contributed by atoms with Crippen molar-refractivity contribution in [3.8, 4) is 17.4 Å². The molecule has 2 fully saturated rings. The molecule has 13 heteroatoms. The Balaban J connectivity index is 1.35. The molecule has 10 nitrogen and oxygen atoms in total. The molecule has 1 saturated heterocycles. The van der Waals surface area contributed by atoms with Crippen molar-refractivity contribution in [2.45, 2.75) is 50.7 Å². The molecule has 1 N–H and O–H groups in total. The van der Waals surface area contributed by atoms with E-state index < -0.39 is 32.8 Å². The van der Waals surface area contributed by atoms with Gasteiger partial charge in [0.15, 0.2) is 17.1 Å². The predicted molar refractivity (Wildman–Crippen MR) is 124 cm³/mol. The van der Waals surface area contributed by atoms with Crippen molar-refractivity contribution in [1.82, 2.24) is 24.9 Å². The molecule has 0 spiro atoms. The van der Waals surface area contributed by atoms with Gasteiger partial charge in [-0.05, 0) is 51.7 Å². The quantitative estimate of drug-likeness (QED) is 0.503. The first-order valence-electron chi connectivity index (χ1n) is 11.5. The normalized spacial score (nSPS) is 19.6. The Morgan fingerprint density at radius 1 is 1.19 bits per heavy atom. The number of amides is 1. The highest BCUT2D eigenvalue weighted by Crippen LogP contribution is 2.41. The lowest BCUT2D eigenvalue weighted by atomic mass is 9.95. The average Bonchev–Trinajstić information content (AvgIpc) is 3.39. The number of hydrogen-bond acceptors (Lipinski definition) is 8. The molecule has 4 heterocycles. The van der Waals surface area contributed by atoms with E-state index in [1.165, 1.54) is 4.52 Å². The third-order valence-electron chi connectivity index (χ3n) is 6.51. The minimum Gasteiger partial charge on any atom is -0.484 e. The maximum atomic E-state index is 14.0. The Morgan fingerprint density at radius 3 is 2.61 bits per heavy atom. The number of alkyl halides is 1. The van der Waals surface area contributed by atoms with Gasteiger partial charge in [-0.25, -0.2) is 31.7 Å². The molecule has 5 rings (SSSR count). The van der Waals surface area contributed by atoms with E-state index >= 15 is 0 Å². The third kappa shape index (κ3) is 5.11. The molecular formula is C23H25F2N5O5S. The van der Waals surface area contributed by atoms with Crippen LogP contribution in [0.4, 0.5) is 8.78 Å². The van der Waals surface area contributed by atoms with E-state index in [1.807, 2.05) is 0 Å². The molecule has 0 aromatic carbocycles. The van der Waals surface area contributed by atoms with Crippen molar-refractivity contribution >= 4 is 21.4 Å². The first-order valence-corrected chi connectivity index (χ1v) is 13.3. The van der Waals surface area contributed by atoms with Crippen LogP contribution in [0.1, 0.15) is 48.9 Å². The van der Waals surface area contributed by atoms with Crippen LogP contribution >= 0.6 is 0 Å². The molecule has 3 aromatic rings. The van der Waals surface area contributed by atoms with Gasteiger partial charge in [-0.3, -0.25) is 4.79 Å². The number of ether oxygens (including phenoxy) is 2. The number of sulfone groups is 1. The summed E-state index contributed by atoms with van der Waals surface area (Å²) in [6.07, 6.45) is 2.37. The summed E-state index contributed by atoms with van der Waals surface area (Å²) in [5, 5.41) is 7.15. The monoisotopic (exact) mass is 521 g/mol. The number of aryl methyl sites for hydroxylation is 1. The number of carbonyl (C=O) groups excluding carboxylic acids is 1. The summed E-state index contributed by atoms with van der Waals surface area (Å²) in [4.78, 5) is 21.1. The highest BCUT2D eigenvalue weighted by molar-refractivity contribution is 7.91. The zero-order valence-corrected chi connectivity index (χ0v) is 20.6. The summed E-state index contributed by atoms with van der Waals surface area (Å²) in [5.41, 5.74) is -1.21. The van der Waals surface area contributed by atoms with Gasteiger partial charge in [0.05, 0.1) is 23.4 Å². The number of aromatic nitrogens is 4. The molecule has 0 bridgehead atoms. The van der Waals surface area contributed by atoms with E-state index in [4.69, 9.17) is 9.47 Å². The summed E-state index contributed by atoms with van der Waals surface area (Å²) in [6.45, 7) is 3.27. The number of fused-ring (bicyclic) bond motifs is 1. The lowest BCUT2D eigenvalue weighted by Gasteiger charge is -2.33. The zero-order valence-electron chi connectivity index (χ0n) is 19.8. The van der Waals surface area contributed by atoms with Gasteiger partial charge in [0.25, 0.3) is 11.8 Å². The molecule has 1 aliphatic carbocycles. The van der Waals surface area contributed by atoms with Crippen LogP contribution in [0.3, 0.4) is 0 Å². The van der Waals surface area contributed by atoms with Crippen LogP contribution in [0.5, 0.6) is 17.4 Å². The molecule has 1 aliphatic heterocycles. The second-order valence-corrected chi connectivity index (χ2v) is 12.0. The van der Waals surface area contributed by atoms with Gasteiger partial charge in [-0.1, -0.05) is 0 Å². The van der Waals surface area contributed by atoms with Crippen LogP contribution in [0.2, 0.25) is 0 Å². The second kappa shape index (κ2) is 8.64. The molecule has 2 aliphatic rings. The third-order valence-corrected chi connectivity index (χ3v) is 8.16. The Bertz CT molecular complexity index is 1440. The molecule has 0 unspecified atom stereocenters. The number of hydrogen-bond donors (Lipinski definition) is 1. The largest absolute Gasteiger partial charge is 0.484 e. The lowest BCUT2D eigenvalue weighted by Crippen LogP contribution is -2.51. The standard InChI is InChI=1S/C23H25F2N5O5S/c1-14-16(35-21-17(11-15(24)12-26-21)34-13-23(25)5-6-23)3-4-18-27-19(29-30(14)18)20(31)28-22(2)7-9-36(32,33)10-8-22/h3-4,11-12H,5-10,13H2,1-2H3,(H,28,31). The molecule has 1 amide bonds. The lowest BCUT2D eigenvalue weighted by molar-refractivity contribution is 0.0889. The summed E-state index contributed by atoms with van der Waals surface area (Å²) in [5.74, 6) is -0.986. The molecule has 1 saturated carbocycles. The second-order valence-electron chi connectivity index (χ2n) is 9.65. The van der Waals surface area contributed by atoms with E-state index in [-0.39, 0.29) is 35.6 Å². The number of nitrogens with one attached hydrogen (secondary N) is 1. The van der Waals surface area contributed by atoms with Gasteiger partial charge in [-0.2, -0.15) is 0 Å². The topological polar surface area (TPSA) is 125 Å². The molecule has 0 atom stereocenters. The van der Waals surface area contributed by atoms with Crippen molar-refractivity contribution in [2.24, 2.45) is 0 Å². The fraction of sp³-hybridized carbons (Fsp3) is 0.478. The van der Waals surface area contributed by atoms with Gasteiger partial charge in [-0.15, -0.1) is 5.10 Å². The molecule has 3 aromatic heterocycles. The first-order chi connectivity index (χ1) is 16.9. The Kier molecular flexibility index (Phi) is 5.85. The van der Waals surface area contributed by atoms with Gasteiger partial charge >= 0.3 is 0 Å². The van der Waals surface area contributed by atoms with E-state index in [0.29, 0.717) is 42.8 Å². The highest BCUT2D eigenvalue weighted by atomic mass is 32.2. The number of rotatable bonds is 7. The van der Waals surface area contributed by atoms with E-state index in [1.54, 1.807) is 26.0 Å². The van der Waals surface area contributed by atoms with Crippen LogP contribution in [-0.2, 0) is 9.84 Å².